The van der Waals surface area contributed by atoms with E-state index in [0.29, 0.717) is 58.4 Å². The molecule has 0 bridgehead atoms. The van der Waals surface area contributed by atoms with Gasteiger partial charge < -0.3 is 24.9 Å². The second-order valence-corrected chi connectivity index (χ2v) is 8.85. The zero-order valence-corrected chi connectivity index (χ0v) is 19.5. The normalized spacial score (nSPS) is 17.3. The summed E-state index contributed by atoms with van der Waals surface area (Å²) >= 11 is 0. The Morgan fingerprint density at radius 2 is 1.91 bits per heavy atom. The molecular formula is C25H25F3N4O3. The van der Waals surface area contributed by atoms with E-state index in [1.807, 2.05) is 19.1 Å². The third-order valence-electron chi connectivity index (χ3n) is 6.01. The number of nitrogens with zero attached hydrogens (tertiary/aromatic N) is 2. The first-order chi connectivity index (χ1) is 16.6. The van der Waals surface area contributed by atoms with E-state index in [2.05, 4.69) is 15.3 Å². The number of fused-ring (bicyclic) bond motifs is 3. The molecule has 2 aromatic heterocycles. The van der Waals surface area contributed by atoms with E-state index >= 15 is 0 Å². The number of hydrogen-bond acceptors (Lipinski definition) is 7. The average molecular weight is 486 g/mol. The lowest BCUT2D eigenvalue weighted by Crippen LogP contribution is -2.16. The summed E-state index contributed by atoms with van der Waals surface area (Å²) in [7, 11) is 0. The Labute approximate surface area is 199 Å². The number of hydrogen-bond donors (Lipinski definition) is 2. The van der Waals surface area contributed by atoms with E-state index in [1.165, 1.54) is 6.07 Å². The van der Waals surface area contributed by atoms with Gasteiger partial charge in [-0.2, -0.15) is 13.2 Å². The van der Waals surface area contributed by atoms with Crippen molar-refractivity contribution in [2.45, 2.75) is 45.5 Å². The van der Waals surface area contributed by atoms with Gasteiger partial charge >= 0.3 is 6.18 Å². The average Bonchev–Trinajstić information content (AvgIpc) is 3.43. The highest BCUT2D eigenvalue weighted by molar-refractivity contribution is 6.09. The maximum absolute atomic E-state index is 13.3. The maximum atomic E-state index is 13.3. The molecule has 1 unspecified atom stereocenters. The van der Waals surface area contributed by atoms with Gasteiger partial charge in [0.25, 0.3) is 0 Å². The zero-order valence-electron chi connectivity index (χ0n) is 19.5. The number of nitrogens with two attached hydrogens (primary N) is 1. The van der Waals surface area contributed by atoms with Crippen molar-refractivity contribution in [2.24, 2.45) is 0 Å². The summed E-state index contributed by atoms with van der Waals surface area (Å²) in [5.41, 5.74) is 6.66. The Kier molecular flexibility index (Phi) is 5.71. The van der Waals surface area contributed by atoms with Crippen molar-refractivity contribution in [1.82, 2.24) is 9.97 Å². The smallest absolute Gasteiger partial charge is 0.416 e. The van der Waals surface area contributed by atoms with Crippen LogP contribution < -0.4 is 15.8 Å². The minimum Gasteiger partial charge on any atom is -0.484 e. The highest BCUT2D eigenvalue weighted by Gasteiger charge is 2.31. The van der Waals surface area contributed by atoms with E-state index < -0.39 is 17.8 Å². The van der Waals surface area contributed by atoms with Crippen LogP contribution in [0.5, 0.6) is 5.75 Å². The van der Waals surface area contributed by atoms with Crippen LogP contribution in [0, 0.1) is 13.8 Å². The minimum atomic E-state index is -4.50. The SMILES string of the molecule is Cc1nc(NC(C)c2cc(N)cc(C(F)(F)F)c2)c2cc(O[C@H]3CCOC3)c3oc(C)cc3c2n1. The van der Waals surface area contributed by atoms with E-state index in [9.17, 15) is 13.2 Å². The van der Waals surface area contributed by atoms with Gasteiger partial charge in [0, 0.05) is 17.5 Å². The summed E-state index contributed by atoms with van der Waals surface area (Å²) in [6.07, 6.45) is -3.83. The molecule has 10 heteroatoms. The van der Waals surface area contributed by atoms with Crippen LogP contribution in [-0.4, -0.2) is 29.3 Å². The zero-order chi connectivity index (χ0) is 24.9. The molecule has 2 atom stereocenters. The summed E-state index contributed by atoms with van der Waals surface area (Å²) in [5.74, 6) is 2.24. The molecule has 1 aliphatic rings. The van der Waals surface area contributed by atoms with Crippen molar-refractivity contribution in [3.63, 3.8) is 0 Å². The molecule has 1 aliphatic heterocycles. The van der Waals surface area contributed by atoms with Crippen molar-refractivity contribution in [1.29, 1.82) is 0 Å². The quantitative estimate of drug-likeness (QED) is 0.337. The Morgan fingerprint density at radius 3 is 2.63 bits per heavy atom. The molecule has 184 valence electrons. The fourth-order valence-corrected chi connectivity index (χ4v) is 4.35. The van der Waals surface area contributed by atoms with Crippen LogP contribution in [0.3, 0.4) is 0 Å². The van der Waals surface area contributed by atoms with E-state index in [1.54, 1.807) is 13.8 Å². The van der Waals surface area contributed by atoms with Crippen molar-refractivity contribution >= 4 is 33.4 Å². The lowest BCUT2D eigenvalue weighted by atomic mass is 10.0. The highest BCUT2D eigenvalue weighted by Crippen LogP contribution is 2.39. The van der Waals surface area contributed by atoms with Gasteiger partial charge in [0.15, 0.2) is 11.3 Å². The monoisotopic (exact) mass is 486 g/mol. The van der Waals surface area contributed by atoms with Crippen molar-refractivity contribution in [2.75, 3.05) is 24.3 Å². The maximum Gasteiger partial charge on any atom is 0.416 e. The van der Waals surface area contributed by atoms with Crippen LogP contribution in [0.25, 0.3) is 21.9 Å². The number of nitrogens with one attached hydrogen (secondary N) is 1. The largest absolute Gasteiger partial charge is 0.484 e. The standard InChI is InChI=1S/C25H25F3N4O3/c1-12-6-19-22-20(10-21(23(19)34-12)35-18-4-5-33-11-18)24(32-14(3)31-22)30-13(2)15-7-16(25(26,27)28)9-17(29)8-15/h6-10,13,18H,4-5,11,29H2,1-3H3,(H,30,31,32)/t13?,18-/m0/s1. The van der Waals surface area contributed by atoms with E-state index in [0.717, 1.165) is 23.9 Å². The fraction of sp³-hybridized carbons (Fsp3) is 0.360. The van der Waals surface area contributed by atoms with Crippen LogP contribution in [0.15, 0.2) is 34.7 Å². The molecule has 3 N–H and O–H groups in total. The number of ether oxygens (including phenoxy) is 2. The molecule has 7 nitrogen and oxygen atoms in total. The van der Waals surface area contributed by atoms with Gasteiger partial charge in [0.1, 0.15) is 23.5 Å². The van der Waals surface area contributed by atoms with Crippen molar-refractivity contribution in [3.05, 3.63) is 53.0 Å². The van der Waals surface area contributed by atoms with Gasteiger partial charge in [-0.25, -0.2) is 9.97 Å². The first kappa shape index (κ1) is 23.2. The fourth-order valence-electron chi connectivity index (χ4n) is 4.35. The third kappa shape index (κ3) is 4.58. The van der Waals surface area contributed by atoms with Crippen molar-refractivity contribution in [3.8, 4) is 5.75 Å². The Balaban J connectivity index is 1.60. The molecule has 3 heterocycles. The molecular weight excluding hydrogens is 461 g/mol. The Bertz CT molecular complexity index is 1410. The summed E-state index contributed by atoms with van der Waals surface area (Å²) in [5, 5.41) is 4.70. The van der Waals surface area contributed by atoms with E-state index in [4.69, 9.17) is 19.6 Å². The predicted octanol–water partition coefficient (Wildman–Crippen LogP) is 5.93. The molecule has 0 spiro atoms. The molecule has 0 radical (unpaired) electrons. The number of aryl methyl sites for hydroxylation is 2. The second kappa shape index (κ2) is 8.60. The summed E-state index contributed by atoms with van der Waals surface area (Å²) in [6.45, 7) is 6.48. The highest BCUT2D eigenvalue weighted by atomic mass is 19.4. The lowest BCUT2D eigenvalue weighted by Gasteiger charge is -2.20. The Morgan fingerprint density at radius 1 is 1.11 bits per heavy atom. The van der Waals surface area contributed by atoms with Gasteiger partial charge in [0.05, 0.1) is 35.7 Å². The van der Waals surface area contributed by atoms with E-state index in [-0.39, 0.29) is 11.8 Å². The predicted molar refractivity (Wildman–Crippen MR) is 127 cm³/mol. The number of aromatic nitrogens is 2. The molecule has 0 amide bonds. The number of anilines is 2. The van der Waals surface area contributed by atoms with Crippen LogP contribution in [0.4, 0.5) is 24.7 Å². The minimum absolute atomic E-state index is 0.0391. The molecule has 0 saturated carbocycles. The number of benzene rings is 2. The summed E-state index contributed by atoms with van der Waals surface area (Å²) < 4.78 is 57.6. The van der Waals surface area contributed by atoms with Crippen molar-refractivity contribution < 1.29 is 27.1 Å². The Hall–Kier alpha value is -3.53. The first-order valence-corrected chi connectivity index (χ1v) is 11.3. The van der Waals surface area contributed by atoms with Gasteiger partial charge in [-0.3, -0.25) is 0 Å². The number of halogens is 3. The second-order valence-electron chi connectivity index (χ2n) is 8.85. The number of furan rings is 1. The summed E-state index contributed by atoms with van der Waals surface area (Å²) in [6, 6.07) is 6.73. The van der Waals surface area contributed by atoms with Gasteiger partial charge in [-0.1, -0.05) is 0 Å². The van der Waals surface area contributed by atoms with Gasteiger partial charge in [0.2, 0.25) is 0 Å². The van der Waals surface area contributed by atoms with Gasteiger partial charge in [-0.05, 0) is 56.7 Å². The van der Waals surface area contributed by atoms with Crippen LogP contribution in [-0.2, 0) is 10.9 Å². The summed E-state index contributed by atoms with van der Waals surface area (Å²) in [4.78, 5) is 9.19. The van der Waals surface area contributed by atoms with Crippen LogP contribution in [0.2, 0.25) is 0 Å². The molecule has 4 aromatic rings. The van der Waals surface area contributed by atoms with Gasteiger partial charge in [-0.15, -0.1) is 0 Å². The molecule has 2 aromatic carbocycles. The topological polar surface area (TPSA) is 95.4 Å². The third-order valence-corrected chi connectivity index (χ3v) is 6.01. The molecule has 1 fully saturated rings. The lowest BCUT2D eigenvalue weighted by molar-refractivity contribution is -0.137. The molecule has 0 aliphatic carbocycles. The molecule has 5 rings (SSSR count). The first-order valence-electron chi connectivity index (χ1n) is 11.3. The number of alkyl halides is 3. The van der Waals surface area contributed by atoms with Crippen LogP contribution >= 0.6 is 0 Å². The number of rotatable bonds is 5. The number of nitrogen functional groups attached to an aromatic ring is 1. The molecule has 35 heavy (non-hydrogen) atoms. The molecule has 1 saturated heterocycles. The van der Waals surface area contributed by atoms with Crippen LogP contribution in [0.1, 0.15) is 42.1 Å².